The van der Waals surface area contributed by atoms with Gasteiger partial charge in [0.05, 0.1) is 12.1 Å². The molecule has 0 saturated carbocycles. The van der Waals surface area contributed by atoms with E-state index in [1.807, 2.05) is 0 Å². The molecule has 1 unspecified atom stereocenters. The van der Waals surface area contributed by atoms with Crippen LogP contribution in [0.3, 0.4) is 0 Å². The molecule has 2 aromatic carbocycles. The summed E-state index contributed by atoms with van der Waals surface area (Å²) in [6.45, 7) is 2.98. The Balaban J connectivity index is 1.28. The van der Waals surface area contributed by atoms with Gasteiger partial charge in [0.25, 0.3) is 0 Å². The van der Waals surface area contributed by atoms with Gasteiger partial charge in [-0.15, -0.1) is 11.8 Å². The van der Waals surface area contributed by atoms with Crippen molar-refractivity contribution in [2.75, 3.05) is 32.4 Å². The SMILES string of the molecule is CN1CC(c2c[nH]c3cc([NH+]4CCC(CSc5ccc(F)cc5)=CC4=O)ccc23)C1. The number of likely N-dealkylation sites (N-methyl/N-ethyl adjacent to an activating group) is 1. The number of aromatic amines is 1. The Bertz CT molecular complexity index is 1120. The Kier molecular flexibility index (Phi) is 5.23. The van der Waals surface area contributed by atoms with E-state index in [0.717, 1.165) is 58.4 Å². The van der Waals surface area contributed by atoms with Gasteiger partial charge in [0.2, 0.25) is 0 Å². The third-order valence-corrected chi connectivity index (χ3v) is 7.25. The predicted molar refractivity (Wildman–Crippen MR) is 119 cm³/mol. The Morgan fingerprint density at radius 2 is 2.00 bits per heavy atom. The van der Waals surface area contributed by atoms with E-state index in [1.165, 1.54) is 23.1 Å². The largest absolute Gasteiger partial charge is 0.361 e. The van der Waals surface area contributed by atoms with Crippen molar-refractivity contribution in [3.8, 4) is 0 Å². The Hall–Kier alpha value is -2.41. The molecule has 1 saturated heterocycles. The maximum atomic E-state index is 13.0. The van der Waals surface area contributed by atoms with E-state index in [1.54, 1.807) is 30.0 Å². The molecule has 154 valence electrons. The predicted octanol–water partition coefficient (Wildman–Crippen LogP) is 3.50. The first-order chi connectivity index (χ1) is 14.6. The number of halogens is 1. The highest BCUT2D eigenvalue weighted by Gasteiger charge is 2.29. The number of benzene rings is 2. The number of nitrogens with zero attached hydrogens (tertiary/aromatic N) is 1. The maximum Gasteiger partial charge on any atom is 0.342 e. The lowest BCUT2D eigenvalue weighted by molar-refractivity contribution is -0.747. The van der Waals surface area contributed by atoms with E-state index >= 15 is 0 Å². The Morgan fingerprint density at radius 3 is 2.73 bits per heavy atom. The summed E-state index contributed by atoms with van der Waals surface area (Å²) in [5.74, 6) is 1.25. The van der Waals surface area contributed by atoms with Crippen LogP contribution in [-0.2, 0) is 4.79 Å². The summed E-state index contributed by atoms with van der Waals surface area (Å²) >= 11 is 1.64. The van der Waals surface area contributed by atoms with Crippen LogP contribution in [0.1, 0.15) is 17.9 Å². The van der Waals surface area contributed by atoms with Gasteiger partial charge in [-0.2, -0.15) is 0 Å². The minimum atomic E-state index is -0.225. The number of carbonyl (C=O) groups is 1. The third kappa shape index (κ3) is 3.83. The van der Waals surface area contributed by atoms with Crippen LogP contribution in [-0.4, -0.2) is 48.2 Å². The average molecular weight is 423 g/mol. The molecule has 1 fully saturated rings. The van der Waals surface area contributed by atoms with Gasteiger partial charge in [0, 0.05) is 65.9 Å². The van der Waals surface area contributed by atoms with E-state index in [4.69, 9.17) is 0 Å². The summed E-state index contributed by atoms with van der Waals surface area (Å²) < 4.78 is 13.0. The van der Waals surface area contributed by atoms with Crippen LogP contribution in [0.4, 0.5) is 10.1 Å². The molecular formula is C24H25FN3OS+. The number of thioether (sulfide) groups is 1. The molecular weight excluding hydrogens is 397 g/mol. The zero-order chi connectivity index (χ0) is 20.7. The number of amides is 1. The van der Waals surface area contributed by atoms with Gasteiger partial charge in [0.15, 0.2) is 0 Å². The zero-order valence-corrected chi connectivity index (χ0v) is 17.8. The van der Waals surface area contributed by atoms with Crippen LogP contribution in [0.5, 0.6) is 0 Å². The summed E-state index contributed by atoms with van der Waals surface area (Å²) in [6, 6.07) is 12.9. The van der Waals surface area contributed by atoms with Crippen molar-refractivity contribution in [3.63, 3.8) is 0 Å². The van der Waals surface area contributed by atoms with Crippen molar-refractivity contribution in [2.24, 2.45) is 0 Å². The molecule has 6 heteroatoms. The molecule has 0 bridgehead atoms. The fraction of sp³-hybridized carbons (Fsp3) is 0.292. The quantitative estimate of drug-likeness (QED) is 0.619. The third-order valence-electron chi connectivity index (χ3n) is 6.13. The first-order valence-electron chi connectivity index (χ1n) is 10.3. The molecule has 3 heterocycles. The normalized spacial score (nSPS) is 20.4. The van der Waals surface area contributed by atoms with E-state index in [9.17, 15) is 9.18 Å². The van der Waals surface area contributed by atoms with Crippen LogP contribution >= 0.6 is 11.8 Å². The number of rotatable bonds is 5. The van der Waals surface area contributed by atoms with Crippen molar-refractivity contribution >= 4 is 34.3 Å². The standard InChI is InChI=1S/C24H24FN3OS/c1-27-13-17(14-27)22-12-26-23-11-19(4-7-21(22)23)28-9-8-16(10-24(28)29)15-30-20-5-2-18(25)3-6-20/h2-7,10-12,17,26H,8-9,13-15H2,1H3/p+1. The first-order valence-corrected chi connectivity index (χ1v) is 11.3. The Morgan fingerprint density at radius 1 is 1.20 bits per heavy atom. The fourth-order valence-electron chi connectivity index (χ4n) is 4.43. The van der Waals surface area contributed by atoms with Gasteiger partial charge in [0.1, 0.15) is 11.5 Å². The minimum Gasteiger partial charge on any atom is -0.361 e. The lowest BCUT2D eigenvalue weighted by Crippen LogP contribution is -3.10. The molecule has 0 aliphatic carbocycles. The minimum absolute atomic E-state index is 0.114. The van der Waals surface area contributed by atoms with Crippen LogP contribution in [0, 0.1) is 5.82 Å². The fourth-order valence-corrected chi connectivity index (χ4v) is 5.34. The molecule has 1 atom stereocenters. The van der Waals surface area contributed by atoms with Crippen molar-refractivity contribution in [3.05, 3.63) is 71.7 Å². The molecule has 30 heavy (non-hydrogen) atoms. The lowest BCUT2D eigenvalue weighted by atomic mass is 9.92. The number of hydrogen-bond donors (Lipinski definition) is 2. The summed E-state index contributed by atoms with van der Waals surface area (Å²) in [7, 11) is 2.15. The van der Waals surface area contributed by atoms with Gasteiger partial charge in [-0.05, 0) is 48.5 Å². The van der Waals surface area contributed by atoms with Crippen LogP contribution < -0.4 is 4.90 Å². The monoisotopic (exact) mass is 422 g/mol. The molecule has 0 radical (unpaired) electrons. The van der Waals surface area contributed by atoms with Gasteiger partial charge in [-0.3, -0.25) is 0 Å². The number of likely N-dealkylation sites (tertiary alicyclic amines) is 1. The van der Waals surface area contributed by atoms with Gasteiger partial charge in [-0.1, -0.05) is 0 Å². The van der Waals surface area contributed by atoms with Crippen molar-refractivity contribution in [1.29, 1.82) is 0 Å². The lowest BCUT2D eigenvalue weighted by Gasteiger charge is -2.36. The number of aromatic nitrogens is 1. The molecule has 0 spiro atoms. The maximum absolute atomic E-state index is 13.0. The number of quaternary nitrogens is 1. The van der Waals surface area contributed by atoms with E-state index < -0.39 is 0 Å². The molecule has 4 nitrogen and oxygen atoms in total. The van der Waals surface area contributed by atoms with Crippen LogP contribution in [0.15, 0.2) is 65.2 Å². The highest BCUT2D eigenvalue weighted by molar-refractivity contribution is 7.99. The van der Waals surface area contributed by atoms with Crippen molar-refractivity contribution in [2.45, 2.75) is 17.2 Å². The van der Waals surface area contributed by atoms with Crippen LogP contribution in [0.25, 0.3) is 10.9 Å². The zero-order valence-electron chi connectivity index (χ0n) is 17.0. The Labute approximate surface area is 179 Å². The second kappa shape index (κ2) is 8.02. The van der Waals surface area contributed by atoms with E-state index in [2.05, 4.69) is 41.3 Å². The molecule has 2 N–H and O–H groups in total. The molecule has 2 aliphatic rings. The summed E-state index contributed by atoms with van der Waals surface area (Å²) in [5, 5.41) is 1.27. The van der Waals surface area contributed by atoms with Gasteiger partial charge in [-0.25, -0.2) is 14.1 Å². The van der Waals surface area contributed by atoms with Crippen LogP contribution in [0.2, 0.25) is 0 Å². The second-order valence-electron chi connectivity index (χ2n) is 8.31. The smallest absolute Gasteiger partial charge is 0.342 e. The average Bonchev–Trinajstić information content (AvgIpc) is 3.14. The number of nitrogens with one attached hydrogen (secondary N) is 2. The summed E-state index contributed by atoms with van der Waals surface area (Å²) in [5.41, 5.74) is 4.66. The van der Waals surface area contributed by atoms with Gasteiger partial charge >= 0.3 is 5.91 Å². The van der Waals surface area contributed by atoms with Crippen molar-refractivity contribution < 1.29 is 14.1 Å². The molecule has 2 aliphatic heterocycles. The van der Waals surface area contributed by atoms with E-state index in [-0.39, 0.29) is 11.7 Å². The highest BCUT2D eigenvalue weighted by Crippen LogP contribution is 2.32. The highest BCUT2D eigenvalue weighted by atomic mass is 32.2. The number of fused-ring (bicyclic) bond motifs is 1. The molecule has 3 aromatic rings. The topological polar surface area (TPSA) is 40.5 Å². The summed E-state index contributed by atoms with van der Waals surface area (Å²) in [6.07, 6.45) is 4.81. The second-order valence-corrected chi connectivity index (χ2v) is 9.36. The number of H-pyrrole nitrogens is 1. The molecule has 1 aromatic heterocycles. The first kappa shape index (κ1) is 19.5. The van der Waals surface area contributed by atoms with Crippen molar-refractivity contribution in [1.82, 2.24) is 9.88 Å². The van der Waals surface area contributed by atoms with E-state index in [0.29, 0.717) is 5.92 Å². The number of carbonyl (C=O) groups excluding carboxylic acids is 1. The van der Waals surface area contributed by atoms with Gasteiger partial charge < -0.3 is 9.88 Å². The summed E-state index contributed by atoms with van der Waals surface area (Å²) in [4.78, 5) is 20.5. The molecule has 1 amide bonds. The molecule has 5 rings (SSSR count). The number of hydrogen-bond acceptors (Lipinski definition) is 3.